The molecule has 1 rings (SSSR count). The second kappa shape index (κ2) is 9.01. The monoisotopic (exact) mass is 193 g/mol. The van der Waals surface area contributed by atoms with Gasteiger partial charge in [0.25, 0.3) is 0 Å². The van der Waals surface area contributed by atoms with Crippen molar-refractivity contribution < 1.29 is 0 Å². The molecule has 1 heteroatoms. The van der Waals surface area contributed by atoms with Gasteiger partial charge in [-0.05, 0) is 51.6 Å². The Bertz CT molecular complexity index is 152. The molecule has 0 unspecified atom stereocenters. The number of allylic oxidation sites excluding steroid dienone is 4. The van der Waals surface area contributed by atoms with Gasteiger partial charge in [0.1, 0.15) is 0 Å². The molecule has 0 aliphatic carbocycles. The van der Waals surface area contributed by atoms with E-state index in [0.717, 1.165) is 6.42 Å². The van der Waals surface area contributed by atoms with Crippen molar-refractivity contribution >= 4 is 0 Å². The maximum Gasteiger partial charge on any atom is -0.00460 e. The summed E-state index contributed by atoms with van der Waals surface area (Å²) in [5.41, 5.74) is 0. The fourth-order valence-electron chi connectivity index (χ4n) is 1.67. The number of nitrogens with one attached hydrogen (secondary N) is 1. The number of hydrogen-bond donors (Lipinski definition) is 1. The molecule has 0 bridgehead atoms. The minimum absolute atomic E-state index is 1.12. The summed E-state index contributed by atoms with van der Waals surface area (Å²) in [4.78, 5) is 0. The molecule has 14 heavy (non-hydrogen) atoms. The number of rotatable bonds is 0. The Kier molecular flexibility index (Phi) is 7.41. The van der Waals surface area contributed by atoms with Crippen LogP contribution < -0.4 is 5.32 Å². The lowest BCUT2D eigenvalue weighted by atomic mass is 10.1. The molecule has 1 N–H and O–H groups in total. The molecular formula is C13H23N. The smallest absolute Gasteiger partial charge is 0.00460 e. The van der Waals surface area contributed by atoms with Crippen LogP contribution >= 0.6 is 0 Å². The van der Waals surface area contributed by atoms with Gasteiger partial charge in [-0.25, -0.2) is 0 Å². The van der Waals surface area contributed by atoms with E-state index in [1.807, 2.05) is 0 Å². The molecule has 0 saturated carbocycles. The first-order chi connectivity index (χ1) is 7.00. The van der Waals surface area contributed by atoms with Gasteiger partial charge < -0.3 is 5.32 Å². The SMILES string of the molecule is C1=CCCCCCNCCCC=CC1. The summed E-state index contributed by atoms with van der Waals surface area (Å²) in [7, 11) is 0. The predicted molar refractivity (Wildman–Crippen MR) is 63.5 cm³/mol. The van der Waals surface area contributed by atoms with E-state index in [-0.39, 0.29) is 0 Å². The lowest BCUT2D eigenvalue weighted by Crippen LogP contribution is -2.16. The van der Waals surface area contributed by atoms with E-state index >= 15 is 0 Å². The summed E-state index contributed by atoms with van der Waals surface area (Å²) in [6, 6.07) is 0. The van der Waals surface area contributed by atoms with Crippen molar-refractivity contribution in [1.29, 1.82) is 0 Å². The van der Waals surface area contributed by atoms with Gasteiger partial charge in [0.05, 0.1) is 0 Å². The third kappa shape index (κ3) is 6.90. The van der Waals surface area contributed by atoms with Gasteiger partial charge in [-0.2, -0.15) is 0 Å². The molecule has 1 aliphatic heterocycles. The molecule has 1 aliphatic rings. The first-order valence-corrected chi connectivity index (χ1v) is 6.01. The van der Waals surface area contributed by atoms with Gasteiger partial charge in [-0.15, -0.1) is 0 Å². The molecule has 0 aromatic rings. The van der Waals surface area contributed by atoms with Crippen molar-refractivity contribution in [2.24, 2.45) is 0 Å². The molecule has 1 nitrogen and oxygen atoms in total. The summed E-state index contributed by atoms with van der Waals surface area (Å²) in [5, 5.41) is 3.49. The lowest BCUT2D eigenvalue weighted by molar-refractivity contribution is 0.593. The summed E-state index contributed by atoms with van der Waals surface area (Å²) in [6.07, 6.45) is 18.1. The highest BCUT2D eigenvalue weighted by molar-refractivity contribution is 4.92. The van der Waals surface area contributed by atoms with Crippen molar-refractivity contribution in [3.8, 4) is 0 Å². The lowest BCUT2D eigenvalue weighted by Gasteiger charge is -2.03. The zero-order valence-electron chi connectivity index (χ0n) is 9.17. The van der Waals surface area contributed by atoms with Gasteiger partial charge in [0.2, 0.25) is 0 Å². The average Bonchev–Trinajstić information content (AvgIpc) is 2.22. The Morgan fingerprint density at radius 1 is 0.643 bits per heavy atom. The van der Waals surface area contributed by atoms with E-state index in [1.165, 1.54) is 51.6 Å². The van der Waals surface area contributed by atoms with E-state index in [2.05, 4.69) is 29.6 Å². The molecule has 0 aromatic carbocycles. The van der Waals surface area contributed by atoms with Gasteiger partial charge in [-0.3, -0.25) is 0 Å². The largest absolute Gasteiger partial charge is 0.317 e. The van der Waals surface area contributed by atoms with Crippen LogP contribution in [0, 0.1) is 0 Å². The van der Waals surface area contributed by atoms with E-state index in [0.29, 0.717) is 0 Å². The molecule has 1 heterocycles. The topological polar surface area (TPSA) is 12.0 Å². The number of hydrogen-bond acceptors (Lipinski definition) is 1. The normalized spacial score (nSPS) is 21.7. The summed E-state index contributed by atoms with van der Waals surface area (Å²) >= 11 is 0. The Balaban J connectivity index is 2.17. The second-order valence-electron chi connectivity index (χ2n) is 3.92. The molecule has 0 aromatic heterocycles. The van der Waals surface area contributed by atoms with Gasteiger partial charge in [0, 0.05) is 0 Å². The molecule has 0 spiro atoms. The third-order valence-electron chi connectivity index (χ3n) is 2.55. The van der Waals surface area contributed by atoms with Crippen LogP contribution in [-0.2, 0) is 0 Å². The minimum atomic E-state index is 1.12. The van der Waals surface area contributed by atoms with Crippen molar-refractivity contribution in [3.05, 3.63) is 24.3 Å². The van der Waals surface area contributed by atoms with E-state index in [4.69, 9.17) is 0 Å². The first-order valence-electron chi connectivity index (χ1n) is 6.01. The van der Waals surface area contributed by atoms with Crippen LogP contribution in [-0.4, -0.2) is 13.1 Å². The fourth-order valence-corrected chi connectivity index (χ4v) is 1.67. The molecule has 0 amide bonds. The van der Waals surface area contributed by atoms with Crippen molar-refractivity contribution in [2.45, 2.75) is 44.9 Å². The van der Waals surface area contributed by atoms with Gasteiger partial charge >= 0.3 is 0 Å². The molecule has 80 valence electrons. The van der Waals surface area contributed by atoms with Crippen molar-refractivity contribution in [1.82, 2.24) is 5.32 Å². The van der Waals surface area contributed by atoms with Gasteiger partial charge in [-0.1, -0.05) is 30.7 Å². The zero-order chi connectivity index (χ0) is 9.90. The summed E-state index contributed by atoms with van der Waals surface area (Å²) in [5.74, 6) is 0. The Labute approximate surface area is 88.3 Å². The molecule has 0 fully saturated rings. The molecule has 0 radical (unpaired) electrons. The zero-order valence-corrected chi connectivity index (χ0v) is 9.17. The molecule has 0 atom stereocenters. The highest BCUT2D eigenvalue weighted by Crippen LogP contribution is 2.02. The fraction of sp³-hybridized carbons (Fsp3) is 0.692. The van der Waals surface area contributed by atoms with Crippen LogP contribution in [0.25, 0.3) is 0 Å². The molecular weight excluding hydrogens is 170 g/mol. The first kappa shape index (κ1) is 11.5. The average molecular weight is 193 g/mol. The van der Waals surface area contributed by atoms with Crippen molar-refractivity contribution in [3.63, 3.8) is 0 Å². The van der Waals surface area contributed by atoms with Crippen LogP contribution in [0.5, 0.6) is 0 Å². The minimum Gasteiger partial charge on any atom is -0.317 e. The Morgan fingerprint density at radius 2 is 1.36 bits per heavy atom. The maximum absolute atomic E-state index is 3.49. The van der Waals surface area contributed by atoms with E-state index in [1.54, 1.807) is 0 Å². The van der Waals surface area contributed by atoms with Crippen molar-refractivity contribution in [2.75, 3.05) is 13.1 Å². The summed E-state index contributed by atoms with van der Waals surface area (Å²) < 4.78 is 0. The Hall–Kier alpha value is -0.560. The van der Waals surface area contributed by atoms with Gasteiger partial charge in [0.15, 0.2) is 0 Å². The standard InChI is InChI=1S/C13H23N/c1-2-4-6-8-10-12-14-13-11-9-7-5-3-1/h1-2,5,7,14H,3-4,6,8-13H2. The van der Waals surface area contributed by atoms with Crippen LogP contribution in [0.4, 0.5) is 0 Å². The van der Waals surface area contributed by atoms with E-state index in [9.17, 15) is 0 Å². The highest BCUT2D eigenvalue weighted by atomic mass is 14.8. The second-order valence-corrected chi connectivity index (χ2v) is 3.92. The highest BCUT2D eigenvalue weighted by Gasteiger charge is 1.89. The molecule has 0 saturated heterocycles. The predicted octanol–water partition coefficient (Wildman–Crippen LogP) is 3.43. The quantitative estimate of drug-likeness (QED) is 0.581. The van der Waals surface area contributed by atoms with Crippen LogP contribution in [0.3, 0.4) is 0 Å². The van der Waals surface area contributed by atoms with Crippen LogP contribution in [0.15, 0.2) is 24.3 Å². The third-order valence-corrected chi connectivity index (χ3v) is 2.55. The van der Waals surface area contributed by atoms with Crippen LogP contribution in [0.1, 0.15) is 44.9 Å². The van der Waals surface area contributed by atoms with Crippen LogP contribution in [0.2, 0.25) is 0 Å². The maximum atomic E-state index is 3.49. The Morgan fingerprint density at radius 3 is 2.21 bits per heavy atom. The van der Waals surface area contributed by atoms with E-state index < -0.39 is 0 Å². The summed E-state index contributed by atoms with van der Waals surface area (Å²) in [6.45, 7) is 2.38.